The first-order chi connectivity index (χ1) is 14.8. The van der Waals surface area contributed by atoms with Crippen LogP contribution in [-0.2, 0) is 23.7 Å². The lowest BCUT2D eigenvalue weighted by Crippen LogP contribution is -2.32. The monoisotopic (exact) mass is 405 g/mol. The predicted molar refractivity (Wildman–Crippen MR) is 133 cm³/mol. The van der Waals surface area contributed by atoms with Gasteiger partial charge in [0.15, 0.2) is 0 Å². The van der Waals surface area contributed by atoms with Crippen LogP contribution < -0.4 is 0 Å². The average molecular weight is 406 g/mol. The zero-order valence-corrected chi connectivity index (χ0v) is 19.1. The van der Waals surface area contributed by atoms with E-state index in [0.29, 0.717) is 0 Å². The lowest BCUT2D eigenvalue weighted by Gasteiger charge is -2.40. The summed E-state index contributed by atoms with van der Waals surface area (Å²) in [4.78, 5) is 4.85. The van der Waals surface area contributed by atoms with Gasteiger partial charge in [0.2, 0.25) is 0 Å². The molecule has 1 heterocycles. The van der Waals surface area contributed by atoms with Gasteiger partial charge in [0, 0.05) is 22.4 Å². The molecule has 0 aliphatic heterocycles. The Bertz CT molecular complexity index is 1260. The fourth-order valence-electron chi connectivity index (χ4n) is 5.49. The van der Waals surface area contributed by atoms with Crippen molar-refractivity contribution < 1.29 is 0 Å². The molecule has 0 unspecified atom stereocenters. The van der Waals surface area contributed by atoms with Crippen LogP contribution in [-0.4, -0.2) is 4.98 Å². The van der Waals surface area contributed by atoms with Gasteiger partial charge in [-0.1, -0.05) is 95.0 Å². The Morgan fingerprint density at radius 2 is 1.68 bits per heavy atom. The first kappa shape index (κ1) is 20.0. The average Bonchev–Trinajstić information content (AvgIpc) is 2.76. The molecule has 1 nitrogen and oxygen atoms in total. The third kappa shape index (κ3) is 3.19. The number of hydrogen-bond acceptors (Lipinski definition) is 1. The number of allylic oxidation sites excluding steroid dienone is 5. The molecule has 31 heavy (non-hydrogen) atoms. The van der Waals surface area contributed by atoms with E-state index in [0.717, 1.165) is 24.1 Å². The minimum absolute atomic E-state index is 0.00557. The molecule has 2 aliphatic carbocycles. The number of rotatable bonds is 3. The van der Waals surface area contributed by atoms with Crippen LogP contribution in [0.25, 0.3) is 16.3 Å². The van der Waals surface area contributed by atoms with Crippen molar-refractivity contribution in [3.05, 3.63) is 107 Å². The Kier molecular flexibility index (Phi) is 4.55. The van der Waals surface area contributed by atoms with Gasteiger partial charge < -0.3 is 0 Å². The van der Waals surface area contributed by atoms with E-state index in [1.807, 2.05) is 0 Å². The maximum atomic E-state index is 4.85. The highest BCUT2D eigenvalue weighted by Gasteiger charge is 2.36. The standard InChI is InChI=1S/C30H31N/c1-20(28-24-13-9-11-21-10-8-12-22(19-31-28)27(21)24)16-17-23-18-29(2,3)25-14-6-7-15-26(25)30(23,4)5/h6-7,9,11,13-19H,1,8,10,12H2,2-5H3. The van der Waals surface area contributed by atoms with Crippen molar-refractivity contribution in [1.82, 2.24) is 4.98 Å². The van der Waals surface area contributed by atoms with E-state index in [2.05, 4.69) is 101 Å². The minimum Gasteiger partial charge on any atom is -0.255 e. The molecule has 2 aromatic carbocycles. The molecule has 0 bridgehead atoms. The van der Waals surface area contributed by atoms with Crippen molar-refractivity contribution in [2.24, 2.45) is 0 Å². The third-order valence-corrected chi connectivity index (χ3v) is 7.27. The fourth-order valence-corrected chi connectivity index (χ4v) is 5.49. The van der Waals surface area contributed by atoms with Crippen molar-refractivity contribution in [3.63, 3.8) is 0 Å². The molecule has 0 saturated carbocycles. The van der Waals surface area contributed by atoms with Crippen LogP contribution in [0.1, 0.15) is 62.1 Å². The van der Waals surface area contributed by atoms with Gasteiger partial charge in [-0.05, 0) is 58.0 Å². The highest BCUT2D eigenvalue weighted by atomic mass is 14.7. The first-order valence-electron chi connectivity index (χ1n) is 11.4. The zero-order valence-electron chi connectivity index (χ0n) is 19.1. The molecule has 0 amide bonds. The Morgan fingerprint density at radius 1 is 0.935 bits per heavy atom. The molecule has 2 aliphatic rings. The summed E-state index contributed by atoms with van der Waals surface area (Å²) in [7, 11) is 0. The maximum absolute atomic E-state index is 4.85. The summed E-state index contributed by atoms with van der Waals surface area (Å²) in [6.07, 6.45) is 12.4. The van der Waals surface area contributed by atoms with Crippen molar-refractivity contribution in [1.29, 1.82) is 0 Å². The van der Waals surface area contributed by atoms with Crippen LogP contribution in [0.4, 0.5) is 0 Å². The third-order valence-electron chi connectivity index (χ3n) is 7.27. The van der Waals surface area contributed by atoms with Crippen LogP contribution in [0.3, 0.4) is 0 Å². The molecule has 156 valence electrons. The summed E-state index contributed by atoms with van der Waals surface area (Å²) < 4.78 is 0. The lowest BCUT2D eigenvalue weighted by atomic mass is 9.64. The predicted octanol–water partition coefficient (Wildman–Crippen LogP) is 7.49. The second-order valence-corrected chi connectivity index (χ2v) is 10.2. The van der Waals surface area contributed by atoms with Gasteiger partial charge in [-0.3, -0.25) is 4.98 Å². The normalized spacial score (nSPS) is 18.6. The Labute approximate surface area is 186 Å². The second-order valence-electron chi connectivity index (χ2n) is 10.2. The Hall–Kier alpha value is -2.93. The molecule has 0 radical (unpaired) electrons. The molecule has 0 N–H and O–H groups in total. The minimum atomic E-state index is -0.0454. The number of fused-ring (bicyclic) bond motifs is 1. The van der Waals surface area contributed by atoms with Gasteiger partial charge in [-0.15, -0.1) is 0 Å². The van der Waals surface area contributed by atoms with Gasteiger partial charge in [0.25, 0.3) is 0 Å². The van der Waals surface area contributed by atoms with Crippen molar-refractivity contribution in [3.8, 4) is 0 Å². The molecule has 0 spiro atoms. The topological polar surface area (TPSA) is 12.9 Å². The van der Waals surface area contributed by atoms with E-state index >= 15 is 0 Å². The molecular weight excluding hydrogens is 374 g/mol. The summed E-state index contributed by atoms with van der Waals surface area (Å²) in [6, 6.07) is 15.5. The van der Waals surface area contributed by atoms with E-state index < -0.39 is 0 Å². The van der Waals surface area contributed by atoms with Crippen LogP contribution in [0, 0.1) is 0 Å². The second kappa shape index (κ2) is 7.05. The van der Waals surface area contributed by atoms with Crippen molar-refractivity contribution in [2.75, 3.05) is 0 Å². The number of hydrogen-bond donors (Lipinski definition) is 0. The smallest absolute Gasteiger partial charge is 0.0774 e. The SMILES string of the molecule is C=C(C=CC1=CC(C)(C)c2ccccc2C1(C)C)c1ncc2c3c(cccc13)CCC2. The molecule has 0 atom stereocenters. The molecule has 0 fully saturated rings. The van der Waals surface area contributed by atoms with E-state index in [9.17, 15) is 0 Å². The number of nitrogens with zero attached hydrogens (tertiary/aromatic N) is 1. The molecule has 1 heteroatoms. The van der Waals surface area contributed by atoms with Gasteiger partial charge >= 0.3 is 0 Å². The highest BCUT2D eigenvalue weighted by molar-refractivity contribution is 5.97. The van der Waals surface area contributed by atoms with E-state index in [-0.39, 0.29) is 10.8 Å². The van der Waals surface area contributed by atoms with E-state index in [1.165, 1.54) is 45.0 Å². The number of aryl methyl sites for hydroxylation is 2. The van der Waals surface area contributed by atoms with Gasteiger partial charge in [-0.2, -0.15) is 0 Å². The quantitative estimate of drug-likeness (QED) is 0.411. The van der Waals surface area contributed by atoms with Crippen LogP contribution >= 0.6 is 0 Å². The highest BCUT2D eigenvalue weighted by Crippen LogP contribution is 2.45. The lowest BCUT2D eigenvalue weighted by molar-refractivity contribution is 0.543. The first-order valence-corrected chi connectivity index (χ1v) is 11.4. The number of aromatic nitrogens is 1. The largest absolute Gasteiger partial charge is 0.255 e. The van der Waals surface area contributed by atoms with E-state index in [4.69, 9.17) is 4.98 Å². The van der Waals surface area contributed by atoms with Crippen LogP contribution in [0.5, 0.6) is 0 Å². The molecule has 0 saturated heterocycles. The molecular formula is C30H31N. The molecule has 1 aromatic heterocycles. The van der Waals surface area contributed by atoms with Gasteiger partial charge in [0.1, 0.15) is 0 Å². The molecule has 5 rings (SSSR count). The summed E-state index contributed by atoms with van der Waals surface area (Å²) in [5.74, 6) is 0. The fraction of sp³-hybridized carbons (Fsp3) is 0.300. The number of benzene rings is 2. The van der Waals surface area contributed by atoms with Gasteiger partial charge in [0.05, 0.1) is 5.69 Å². The van der Waals surface area contributed by atoms with Crippen molar-refractivity contribution in [2.45, 2.75) is 57.8 Å². The van der Waals surface area contributed by atoms with E-state index in [1.54, 1.807) is 0 Å². The summed E-state index contributed by atoms with van der Waals surface area (Å²) in [6.45, 7) is 13.7. The Balaban J connectivity index is 1.54. The van der Waals surface area contributed by atoms with Crippen molar-refractivity contribution >= 4 is 16.3 Å². The molecule has 3 aromatic rings. The van der Waals surface area contributed by atoms with Gasteiger partial charge in [-0.25, -0.2) is 0 Å². The Morgan fingerprint density at radius 3 is 2.48 bits per heavy atom. The van der Waals surface area contributed by atoms with Crippen LogP contribution in [0.2, 0.25) is 0 Å². The summed E-state index contributed by atoms with van der Waals surface area (Å²) in [5, 5.41) is 2.65. The number of pyridine rings is 1. The summed E-state index contributed by atoms with van der Waals surface area (Å²) in [5.41, 5.74) is 8.94. The van der Waals surface area contributed by atoms with Crippen LogP contribution in [0.15, 0.2) is 79.0 Å². The summed E-state index contributed by atoms with van der Waals surface area (Å²) >= 11 is 0. The maximum Gasteiger partial charge on any atom is 0.0774 e. The zero-order chi connectivity index (χ0) is 21.8.